The van der Waals surface area contributed by atoms with Crippen LogP contribution in [0.1, 0.15) is 28.4 Å². The molecule has 19 heavy (non-hydrogen) atoms. The molecule has 0 spiro atoms. The van der Waals surface area contributed by atoms with Crippen LogP contribution in [0.4, 0.5) is 0 Å². The maximum absolute atomic E-state index is 11.6. The molecule has 1 aromatic carbocycles. The van der Waals surface area contributed by atoms with Crippen molar-refractivity contribution < 1.29 is 14.6 Å². The van der Waals surface area contributed by atoms with Crippen molar-refractivity contribution in [3.63, 3.8) is 0 Å². The summed E-state index contributed by atoms with van der Waals surface area (Å²) in [7, 11) is 1.31. The van der Waals surface area contributed by atoms with Gasteiger partial charge in [-0.05, 0) is 37.1 Å². The molecular weight excluding hydrogens is 242 g/mol. The Kier molecular flexibility index (Phi) is 5.60. The summed E-state index contributed by atoms with van der Waals surface area (Å²) < 4.78 is 4.68. The number of carbonyl (C=O) groups is 1. The number of aliphatic hydroxyl groups is 1. The van der Waals surface area contributed by atoms with Crippen molar-refractivity contribution in [3.8, 4) is 17.9 Å². The summed E-state index contributed by atoms with van der Waals surface area (Å²) >= 11 is 0. The molecule has 0 fully saturated rings. The Hall–Kier alpha value is -2.30. The summed E-state index contributed by atoms with van der Waals surface area (Å²) in [6.07, 6.45) is 0.537. The van der Waals surface area contributed by atoms with Crippen LogP contribution in [0.2, 0.25) is 0 Å². The smallest absolute Gasteiger partial charge is 0.337 e. The van der Waals surface area contributed by atoms with Crippen molar-refractivity contribution >= 4 is 5.97 Å². The Morgan fingerprint density at radius 2 is 2.21 bits per heavy atom. The van der Waals surface area contributed by atoms with E-state index in [-0.39, 0.29) is 12.5 Å². The average molecular weight is 257 g/mol. The van der Waals surface area contributed by atoms with Gasteiger partial charge in [0.15, 0.2) is 0 Å². The highest BCUT2D eigenvalue weighted by Crippen LogP contribution is 2.14. The molecule has 98 valence electrons. The molecule has 0 aliphatic carbocycles. The third kappa shape index (κ3) is 4.46. The molecule has 1 N–H and O–H groups in total. The Labute approximate surface area is 112 Å². The highest BCUT2D eigenvalue weighted by atomic mass is 16.5. The molecule has 1 atom stereocenters. The Morgan fingerprint density at radius 1 is 1.47 bits per heavy atom. The number of aliphatic hydroxyl groups excluding tert-OH is 1. The minimum Gasteiger partial charge on any atom is -0.465 e. The first-order valence-electron chi connectivity index (χ1n) is 5.82. The SMILES string of the molecule is COC(=O)c1cc(C#CCO)cc(CC(C)C#N)c1. The quantitative estimate of drug-likeness (QED) is 0.658. The molecule has 0 heterocycles. The van der Waals surface area contributed by atoms with Crippen LogP contribution in [-0.4, -0.2) is 24.8 Å². The minimum atomic E-state index is -0.446. The van der Waals surface area contributed by atoms with Gasteiger partial charge in [0, 0.05) is 11.5 Å². The predicted molar refractivity (Wildman–Crippen MR) is 70.2 cm³/mol. The lowest BCUT2D eigenvalue weighted by Crippen LogP contribution is -2.04. The normalized spacial score (nSPS) is 10.8. The van der Waals surface area contributed by atoms with Gasteiger partial charge in [-0.3, -0.25) is 0 Å². The van der Waals surface area contributed by atoms with Crippen molar-refractivity contribution in [2.24, 2.45) is 5.92 Å². The number of esters is 1. The summed E-state index contributed by atoms with van der Waals surface area (Å²) in [4.78, 5) is 11.6. The maximum atomic E-state index is 11.6. The van der Waals surface area contributed by atoms with Crippen molar-refractivity contribution in [1.82, 2.24) is 0 Å². The molecule has 0 aromatic heterocycles. The third-order valence-corrected chi connectivity index (χ3v) is 2.49. The van der Waals surface area contributed by atoms with Crippen LogP contribution >= 0.6 is 0 Å². The van der Waals surface area contributed by atoms with E-state index in [1.807, 2.05) is 13.0 Å². The fourth-order valence-electron chi connectivity index (χ4n) is 1.66. The second kappa shape index (κ2) is 7.20. The van der Waals surface area contributed by atoms with Gasteiger partial charge >= 0.3 is 5.97 Å². The van der Waals surface area contributed by atoms with Gasteiger partial charge < -0.3 is 9.84 Å². The number of benzene rings is 1. The third-order valence-electron chi connectivity index (χ3n) is 2.49. The van der Waals surface area contributed by atoms with E-state index in [9.17, 15) is 4.79 Å². The number of nitriles is 1. The molecule has 0 aliphatic rings. The van der Waals surface area contributed by atoms with Crippen LogP contribution in [0.3, 0.4) is 0 Å². The Bertz CT molecular complexity index is 561. The van der Waals surface area contributed by atoms with Crippen LogP contribution in [0.15, 0.2) is 18.2 Å². The highest BCUT2D eigenvalue weighted by Gasteiger charge is 2.10. The van der Waals surface area contributed by atoms with Gasteiger partial charge in [-0.2, -0.15) is 5.26 Å². The summed E-state index contributed by atoms with van der Waals surface area (Å²) in [6.45, 7) is 1.57. The van der Waals surface area contributed by atoms with E-state index in [1.54, 1.807) is 12.1 Å². The van der Waals surface area contributed by atoms with E-state index in [1.165, 1.54) is 7.11 Å². The second-order valence-corrected chi connectivity index (χ2v) is 4.10. The van der Waals surface area contributed by atoms with Crippen molar-refractivity contribution in [3.05, 3.63) is 34.9 Å². The number of methoxy groups -OCH3 is 1. The first-order chi connectivity index (χ1) is 9.10. The van der Waals surface area contributed by atoms with Gasteiger partial charge in [0.25, 0.3) is 0 Å². The van der Waals surface area contributed by atoms with Gasteiger partial charge in [-0.15, -0.1) is 0 Å². The van der Waals surface area contributed by atoms with Gasteiger partial charge in [0.2, 0.25) is 0 Å². The first kappa shape index (κ1) is 14.8. The van der Waals surface area contributed by atoms with Gasteiger partial charge in [0.1, 0.15) is 6.61 Å². The molecule has 1 unspecified atom stereocenters. The number of ether oxygens (including phenoxy) is 1. The summed E-state index contributed by atoms with van der Waals surface area (Å²) in [5, 5.41) is 17.5. The molecule has 1 rings (SSSR count). The summed E-state index contributed by atoms with van der Waals surface area (Å²) in [5.74, 6) is 4.69. The van der Waals surface area contributed by atoms with E-state index in [2.05, 4.69) is 22.6 Å². The van der Waals surface area contributed by atoms with Crippen molar-refractivity contribution in [1.29, 1.82) is 5.26 Å². The van der Waals surface area contributed by atoms with Crippen LogP contribution in [0.5, 0.6) is 0 Å². The fraction of sp³-hybridized carbons (Fsp3) is 0.333. The molecule has 4 heteroatoms. The average Bonchev–Trinajstić information content (AvgIpc) is 2.43. The zero-order chi connectivity index (χ0) is 14.3. The number of nitrogens with zero attached hydrogens (tertiary/aromatic N) is 1. The molecule has 0 amide bonds. The first-order valence-corrected chi connectivity index (χ1v) is 5.82. The molecule has 0 bridgehead atoms. The zero-order valence-electron chi connectivity index (χ0n) is 10.9. The minimum absolute atomic E-state index is 0.147. The largest absolute Gasteiger partial charge is 0.465 e. The number of carbonyl (C=O) groups excluding carboxylic acids is 1. The number of rotatable bonds is 3. The lowest BCUT2D eigenvalue weighted by atomic mass is 9.98. The zero-order valence-corrected chi connectivity index (χ0v) is 10.9. The number of hydrogen-bond donors (Lipinski definition) is 1. The van der Waals surface area contributed by atoms with E-state index < -0.39 is 5.97 Å². The standard InChI is InChI=1S/C15H15NO3/c1-11(10-16)6-13-7-12(4-3-5-17)8-14(9-13)15(18)19-2/h7-9,11,17H,5-6H2,1-2H3. The summed E-state index contributed by atoms with van der Waals surface area (Å²) in [5.41, 5.74) is 1.86. The van der Waals surface area contributed by atoms with E-state index >= 15 is 0 Å². The van der Waals surface area contributed by atoms with E-state index in [4.69, 9.17) is 10.4 Å². The van der Waals surface area contributed by atoms with Crippen molar-refractivity contribution in [2.45, 2.75) is 13.3 Å². The Balaban J connectivity index is 3.16. The lowest BCUT2D eigenvalue weighted by Gasteiger charge is -2.07. The lowest BCUT2D eigenvalue weighted by molar-refractivity contribution is 0.0600. The molecule has 4 nitrogen and oxygen atoms in total. The second-order valence-electron chi connectivity index (χ2n) is 4.10. The van der Waals surface area contributed by atoms with Crippen LogP contribution in [0, 0.1) is 29.1 Å². The van der Waals surface area contributed by atoms with Gasteiger partial charge in [0.05, 0.1) is 18.7 Å². The molecule has 0 aliphatic heterocycles. The van der Waals surface area contributed by atoms with Crippen LogP contribution < -0.4 is 0 Å². The van der Waals surface area contributed by atoms with Crippen LogP contribution in [-0.2, 0) is 11.2 Å². The highest BCUT2D eigenvalue weighted by molar-refractivity contribution is 5.90. The topological polar surface area (TPSA) is 70.3 Å². The molecule has 0 saturated heterocycles. The summed E-state index contributed by atoms with van der Waals surface area (Å²) in [6, 6.07) is 7.26. The number of hydrogen-bond acceptors (Lipinski definition) is 4. The van der Waals surface area contributed by atoms with E-state index in [0.717, 1.165) is 5.56 Å². The Morgan fingerprint density at radius 3 is 2.79 bits per heavy atom. The van der Waals surface area contributed by atoms with E-state index in [0.29, 0.717) is 17.5 Å². The molecule has 1 aromatic rings. The van der Waals surface area contributed by atoms with Gasteiger partial charge in [-0.25, -0.2) is 4.79 Å². The van der Waals surface area contributed by atoms with Gasteiger partial charge in [-0.1, -0.05) is 11.8 Å². The molecule has 0 radical (unpaired) electrons. The fourth-order valence-corrected chi connectivity index (χ4v) is 1.66. The van der Waals surface area contributed by atoms with Crippen molar-refractivity contribution in [2.75, 3.05) is 13.7 Å². The molecule has 0 saturated carbocycles. The van der Waals surface area contributed by atoms with Crippen LogP contribution in [0.25, 0.3) is 0 Å². The maximum Gasteiger partial charge on any atom is 0.337 e. The predicted octanol–water partition coefficient (Wildman–Crippen LogP) is 1.52. The molecular formula is C15H15NO3. The monoisotopic (exact) mass is 257 g/mol.